The predicted molar refractivity (Wildman–Crippen MR) is 159 cm³/mol. The molecule has 1 unspecified atom stereocenters. The van der Waals surface area contributed by atoms with Crippen molar-refractivity contribution in [3.8, 4) is 0 Å². The smallest absolute Gasteiger partial charge is 0.326 e. The number of likely N-dealkylation sites (tertiary alicyclic amines) is 2. The van der Waals surface area contributed by atoms with Gasteiger partial charge >= 0.3 is 11.9 Å². The number of rotatable bonds is 20. The van der Waals surface area contributed by atoms with Gasteiger partial charge < -0.3 is 20.0 Å². The fraction of sp³-hybridized carbons (Fsp3) is 0.875. The Kier molecular flexibility index (Phi) is 20.2. The molecule has 0 bridgehead atoms. The molecule has 2 aliphatic rings. The molecule has 2 aliphatic heterocycles. The molecule has 2 saturated heterocycles. The first-order valence-electron chi connectivity index (χ1n) is 16.4. The lowest BCUT2D eigenvalue weighted by atomic mass is 10.1. The fourth-order valence-corrected chi connectivity index (χ4v) is 5.75. The van der Waals surface area contributed by atoms with Crippen LogP contribution in [0.2, 0.25) is 0 Å². The summed E-state index contributed by atoms with van der Waals surface area (Å²) in [5.74, 6) is -1.65. The van der Waals surface area contributed by atoms with E-state index in [0.717, 1.165) is 38.5 Å². The minimum Gasteiger partial charge on any atom is -0.480 e. The Morgan fingerprint density at radius 2 is 0.825 bits per heavy atom. The summed E-state index contributed by atoms with van der Waals surface area (Å²) < 4.78 is 0. The van der Waals surface area contributed by atoms with Crippen molar-refractivity contribution in [2.75, 3.05) is 13.1 Å². The molecule has 0 aromatic carbocycles. The number of carboxylic acids is 2. The van der Waals surface area contributed by atoms with Gasteiger partial charge in [0.15, 0.2) is 0 Å². The van der Waals surface area contributed by atoms with Gasteiger partial charge in [0.1, 0.15) is 12.1 Å². The average Bonchev–Trinajstić information content (AvgIpc) is 3.63. The van der Waals surface area contributed by atoms with Crippen LogP contribution in [0.25, 0.3) is 0 Å². The molecule has 0 spiro atoms. The van der Waals surface area contributed by atoms with E-state index in [-0.39, 0.29) is 11.8 Å². The first-order valence-corrected chi connectivity index (χ1v) is 16.4. The summed E-state index contributed by atoms with van der Waals surface area (Å²) in [6.07, 6.45) is 23.2. The van der Waals surface area contributed by atoms with Crippen molar-refractivity contribution in [1.29, 1.82) is 0 Å². The van der Waals surface area contributed by atoms with Gasteiger partial charge in [0.2, 0.25) is 11.8 Å². The van der Waals surface area contributed by atoms with Crippen molar-refractivity contribution >= 4 is 23.8 Å². The number of hydrogen-bond acceptors (Lipinski definition) is 4. The molecule has 2 heterocycles. The largest absolute Gasteiger partial charge is 0.480 e. The summed E-state index contributed by atoms with van der Waals surface area (Å²) in [6, 6.07) is -1.15. The molecular weight excluding hydrogens is 508 g/mol. The Hall–Kier alpha value is -2.12. The van der Waals surface area contributed by atoms with E-state index in [0.29, 0.717) is 38.8 Å². The van der Waals surface area contributed by atoms with Crippen LogP contribution in [0.3, 0.4) is 0 Å². The van der Waals surface area contributed by atoms with Gasteiger partial charge in [-0.25, -0.2) is 9.59 Å². The number of hydrogen-bond donors (Lipinski definition) is 2. The van der Waals surface area contributed by atoms with Crippen molar-refractivity contribution in [1.82, 2.24) is 9.80 Å². The fourth-order valence-electron chi connectivity index (χ4n) is 5.75. The predicted octanol–water partition coefficient (Wildman–Crippen LogP) is 7.19. The Bertz CT molecular complexity index is 728. The highest BCUT2D eigenvalue weighted by Crippen LogP contribution is 2.21. The molecule has 2 amide bonds. The van der Waals surface area contributed by atoms with Gasteiger partial charge in [-0.3, -0.25) is 9.59 Å². The summed E-state index contributed by atoms with van der Waals surface area (Å²) in [5, 5.41) is 18.1. The molecule has 232 valence electrons. The van der Waals surface area contributed by atoms with E-state index >= 15 is 0 Å². The minimum atomic E-state index is -0.856. The van der Waals surface area contributed by atoms with Crippen molar-refractivity contribution in [3.05, 3.63) is 0 Å². The first-order chi connectivity index (χ1) is 19.3. The molecule has 0 aromatic heterocycles. The molecule has 0 aromatic rings. The summed E-state index contributed by atoms with van der Waals surface area (Å²) in [5.41, 5.74) is 0. The molecule has 2 atom stereocenters. The number of aliphatic carboxylic acids is 2. The molecule has 8 heteroatoms. The first kappa shape index (κ1) is 35.9. The second-order valence-corrected chi connectivity index (χ2v) is 11.6. The molecule has 2 fully saturated rings. The van der Waals surface area contributed by atoms with Gasteiger partial charge in [0.25, 0.3) is 0 Å². The Morgan fingerprint density at radius 3 is 1.12 bits per heavy atom. The topological polar surface area (TPSA) is 115 Å². The minimum absolute atomic E-state index is 0.0264. The van der Waals surface area contributed by atoms with Crippen LogP contribution in [0.1, 0.15) is 155 Å². The van der Waals surface area contributed by atoms with Crippen LogP contribution < -0.4 is 0 Å². The summed E-state index contributed by atoms with van der Waals surface area (Å²) in [7, 11) is 0. The maximum Gasteiger partial charge on any atom is 0.326 e. The Morgan fingerprint density at radius 1 is 0.525 bits per heavy atom. The lowest BCUT2D eigenvalue weighted by Crippen LogP contribution is -2.40. The highest BCUT2D eigenvalue weighted by Gasteiger charge is 2.34. The normalized spacial score (nSPS) is 18.4. The van der Waals surface area contributed by atoms with Crippen LogP contribution >= 0.6 is 0 Å². The molecule has 40 heavy (non-hydrogen) atoms. The van der Waals surface area contributed by atoms with Gasteiger partial charge in [-0.05, 0) is 38.5 Å². The SMILES string of the molecule is CCCCCCCCCC(=O)N1CCC[C@H]1C(=O)O.CCCCCCCCCCCC(=O)N1CCCC1C(=O)O. The number of carbonyl (C=O) groups is 4. The Balaban J connectivity index is 0.000000402. The van der Waals surface area contributed by atoms with E-state index in [2.05, 4.69) is 13.8 Å². The standard InChI is InChI=1S/C17H31NO3.C15H27NO3/c1-2-3-4-5-6-7-8-9-10-13-16(19)18-14-11-12-15(18)17(20)21;1-2-3-4-5-6-7-8-11-14(17)16-12-9-10-13(16)15(18)19/h15H,2-14H2,1H3,(H,20,21);13H,2-12H2,1H3,(H,18,19)/t;13-/m.0/s1. The van der Waals surface area contributed by atoms with Crippen LogP contribution in [-0.2, 0) is 19.2 Å². The number of unbranched alkanes of at least 4 members (excludes halogenated alkanes) is 14. The van der Waals surface area contributed by atoms with Gasteiger partial charge in [-0.2, -0.15) is 0 Å². The van der Waals surface area contributed by atoms with Crippen molar-refractivity contribution < 1.29 is 29.4 Å². The maximum absolute atomic E-state index is 12.0. The number of carboxylic acid groups (broad SMARTS) is 2. The van der Waals surface area contributed by atoms with Crippen molar-refractivity contribution in [2.24, 2.45) is 0 Å². The third-order valence-corrected chi connectivity index (χ3v) is 8.20. The molecule has 0 saturated carbocycles. The second-order valence-electron chi connectivity index (χ2n) is 11.6. The molecular formula is C32H58N2O6. The third-order valence-electron chi connectivity index (χ3n) is 8.20. The van der Waals surface area contributed by atoms with E-state index in [1.807, 2.05) is 0 Å². The van der Waals surface area contributed by atoms with E-state index in [9.17, 15) is 19.2 Å². The zero-order chi connectivity index (χ0) is 29.6. The van der Waals surface area contributed by atoms with Gasteiger partial charge in [-0.15, -0.1) is 0 Å². The van der Waals surface area contributed by atoms with E-state index in [1.165, 1.54) is 77.0 Å². The van der Waals surface area contributed by atoms with Crippen molar-refractivity contribution in [3.63, 3.8) is 0 Å². The van der Waals surface area contributed by atoms with E-state index in [4.69, 9.17) is 10.2 Å². The number of carbonyl (C=O) groups excluding carboxylic acids is 2. The second kappa shape index (κ2) is 22.6. The molecule has 2 N–H and O–H groups in total. The summed E-state index contributed by atoms with van der Waals surface area (Å²) in [6.45, 7) is 5.67. The highest BCUT2D eigenvalue weighted by molar-refractivity contribution is 5.84. The Labute approximate surface area is 243 Å². The van der Waals surface area contributed by atoms with Crippen LogP contribution in [0.4, 0.5) is 0 Å². The van der Waals surface area contributed by atoms with Crippen LogP contribution in [-0.4, -0.2) is 68.9 Å². The maximum atomic E-state index is 12.0. The molecule has 0 radical (unpaired) electrons. The number of nitrogens with zero attached hydrogens (tertiary/aromatic N) is 2. The zero-order valence-corrected chi connectivity index (χ0v) is 25.5. The summed E-state index contributed by atoms with van der Waals surface area (Å²) in [4.78, 5) is 49.2. The van der Waals surface area contributed by atoms with Crippen LogP contribution in [0, 0.1) is 0 Å². The van der Waals surface area contributed by atoms with Crippen molar-refractivity contribution in [2.45, 2.75) is 167 Å². The third kappa shape index (κ3) is 15.0. The zero-order valence-electron chi connectivity index (χ0n) is 25.5. The number of amides is 2. The quantitative estimate of drug-likeness (QED) is 0.151. The molecule has 0 aliphatic carbocycles. The molecule has 2 rings (SSSR count). The van der Waals surface area contributed by atoms with Gasteiger partial charge in [0.05, 0.1) is 0 Å². The van der Waals surface area contributed by atoms with Crippen LogP contribution in [0.15, 0.2) is 0 Å². The highest BCUT2D eigenvalue weighted by atomic mass is 16.4. The lowest BCUT2D eigenvalue weighted by molar-refractivity contribution is -0.148. The monoisotopic (exact) mass is 566 g/mol. The average molecular weight is 567 g/mol. The lowest BCUT2D eigenvalue weighted by Gasteiger charge is -2.21. The van der Waals surface area contributed by atoms with E-state index in [1.54, 1.807) is 9.80 Å². The van der Waals surface area contributed by atoms with Gasteiger partial charge in [0, 0.05) is 25.9 Å². The molecule has 8 nitrogen and oxygen atoms in total. The van der Waals surface area contributed by atoms with Gasteiger partial charge in [-0.1, -0.05) is 104 Å². The summed E-state index contributed by atoms with van der Waals surface area (Å²) >= 11 is 0. The van der Waals surface area contributed by atoms with Crippen LogP contribution in [0.5, 0.6) is 0 Å². The van der Waals surface area contributed by atoms with E-state index < -0.39 is 24.0 Å².